The smallest absolute Gasteiger partial charge is 0.341 e. The van der Waals surface area contributed by atoms with Gasteiger partial charge in [0.15, 0.2) is 6.61 Å². The molecule has 0 spiro atoms. The Kier molecular flexibility index (Phi) is 4.30. The highest BCUT2D eigenvalue weighted by molar-refractivity contribution is 6.31. The van der Waals surface area contributed by atoms with E-state index >= 15 is 0 Å². The second kappa shape index (κ2) is 6.54. The van der Waals surface area contributed by atoms with Crippen LogP contribution in [0.25, 0.3) is 10.9 Å². The van der Waals surface area contributed by atoms with Gasteiger partial charge in [0, 0.05) is 16.5 Å². The molecule has 116 valence electrons. The number of carboxylic acid groups (broad SMARTS) is 1. The Labute approximate surface area is 137 Å². The van der Waals surface area contributed by atoms with Gasteiger partial charge in [-0.05, 0) is 42.5 Å². The van der Waals surface area contributed by atoms with E-state index in [4.69, 9.17) is 26.2 Å². The number of hydrogen-bond donors (Lipinski definition) is 1. The zero-order chi connectivity index (χ0) is 16.2. The van der Waals surface area contributed by atoms with E-state index in [0.717, 1.165) is 10.9 Å². The molecular formula is C17H12ClNO4. The summed E-state index contributed by atoms with van der Waals surface area (Å²) in [7, 11) is 0. The first-order chi connectivity index (χ1) is 11.1. The lowest BCUT2D eigenvalue weighted by atomic mass is 10.2. The summed E-state index contributed by atoms with van der Waals surface area (Å²) in [6.45, 7) is -0.382. The van der Waals surface area contributed by atoms with Crippen molar-refractivity contribution >= 4 is 28.5 Å². The number of fused-ring (bicyclic) bond motifs is 1. The van der Waals surface area contributed by atoms with Crippen LogP contribution in [-0.2, 0) is 4.79 Å². The number of rotatable bonds is 5. The number of aliphatic carboxylic acids is 1. The molecule has 3 rings (SSSR count). The van der Waals surface area contributed by atoms with E-state index in [1.807, 2.05) is 18.2 Å². The molecular weight excluding hydrogens is 318 g/mol. The van der Waals surface area contributed by atoms with Crippen molar-refractivity contribution in [3.63, 3.8) is 0 Å². The van der Waals surface area contributed by atoms with E-state index in [-0.39, 0.29) is 6.61 Å². The standard InChI is InChI=1S/C17H12ClNO4/c18-12-3-1-11-2-8-16(19-15(11)9-12)23-14-6-4-13(5-7-14)22-10-17(20)21/h1-9H,10H2,(H,20,21). The third-order valence-electron chi connectivity index (χ3n) is 3.04. The predicted octanol–water partition coefficient (Wildman–Crippen LogP) is 4.14. The minimum absolute atomic E-state index is 0.382. The van der Waals surface area contributed by atoms with Crippen LogP contribution in [0.5, 0.6) is 17.4 Å². The normalized spacial score (nSPS) is 10.5. The van der Waals surface area contributed by atoms with E-state index in [1.165, 1.54) is 0 Å². The Balaban J connectivity index is 1.75. The number of carbonyl (C=O) groups is 1. The Bertz CT molecular complexity index is 849. The molecule has 1 N–H and O–H groups in total. The number of benzene rings is 2. The summed E-state index contributed by atoms with van der Waals surface area (Å²) in [5.74, 6) is 0.447. The van der Waals surface area contributed by atoms with Crippen LogP contribution in [-0.4, -0.2) is 22.7 Å². The van der Waals surface area contributed by atoms with Crippen molar-refractivity contribution in [2.45, 2.75) is 0 Å². The third-order valence-corrected chi connectivity index (χ3v) is 3.27. The van der Waals surface area contributed by atoms with E-state index in [0.29, 0.717) is 22.4 Å². The molecule has 0 fully saturated rings. The predicted molar refractivity (Wildman–Crippen MR) is 86.4 cm³/mol. The van der Waals surface area contributed by atoms with E-state index in [9.17, 15) is 4.79 Å². The van der Waals surface area contributed by atoms with Crippen LogP contribution in [0.1, 0.15) is 0 Å². The fourth-order valence-electron chi connectivity index (χ4n) is 2.00. The minimum Gasteiger partial charge on any atom is -0.482 e. The lowest BCUT2D eigenvalue weighted by molar-refractivity contribution is -0.139. The molecule has 0 radical (unpaired) electrons. The fourth-order valence-corrected chi connectivity index (χ4v) is 2.16. The third kappa shape index (κ3) is 3.90. The summed E-state index contributed by atoms with van der Waals surface area (Å²) in [6, 6.07) is 15.8. The molecule has 2 aromatic carbocycles. The molecule has 3 aromatic rings. The molecule has 0 bridgehead atoms. The number of halogens is 1. The van der Waals surface area contributed by atoms with Gasteiger partial charge in [0.2, 0.25) is 5.88 Å². The van der Waals surface area contributed by atoms with Crippen molar-refractivity contribution < 1.29 is 19.4 Å². The number of ether oxygens (including phenoxy) is 2. The maximum absolute atomic E-state index is 10.4. The van der Waals surface area contributed by atoms with E-state index in [2.05, 4.69) is 4.98 Å². The first kappa shape index (κ1) is 15.1. The Morgan fingerprint density at radius 1 is 1.04 bits per heavy atom. The van der Waals surface area contributed by atoms with Gasteiger partial charge in [-0.15, -0.1) is 0 Å². The second-order valence-electron chi connectivity index (χ2n) is 4.74. The molecule has 1 aromatic heterocycles. The monoisotopic (exact) mass is 329 g/mol. The van der Waals surface area contributed by atoms with Crippen LogP contribution in [0.4, 0.5) is 0 Å². The van der Waals surface area contributed by atoms with Crippen LogP contribution in [0, 0.1) is 0 Å². The molecule has 0 saturated heterocycles. The molecule has 0 aliphatic carbocycles. The number of pyridine rings is 1. The van der Waals surface area contributed by atoms with Crippen molar-refractivity contribution in [3.8, 4) is 17.4 Å². The highest BCUT2D eigenvalue weighted by Gasteiger charge is 2.04. The summed E-state index contributed by atoms with van der Waals surface area (Å²) in [5.41, 5.74) is 0.747. The zero-order valence-electron chi connectivity index (χ0n) is 11.9. The molecule has 0 amide bonds. The van der Waals surface area contributed by atoms with Gasteiger partial charge in [0.25, 0.3) is 0 Å². The van der Waals surface area contributed by atoms with Gasteiger partial charge in [-0.3, -0.25) is 0 Å². The molecule has 6 heteroatoms. The minimum atomic E-state index is -1.02. The average molecular weight is 330 g/mol. The summed E-state index contributed by atoms with van der Waals surface area (Å²) in [4.78, 5) is 14.8. The van der Waals surface area contributed by atoms with Gasteiger partial charge >= 0.3 is 5.97 Å². The molecule has 1 heterocycles. The van der Waals surface area contributed by atoms with Crippen molar-refractivity contribution in [2.24, 2.45) is 0 Å². The lowest BCUT2D eigenvalue weighted by Crippen LogP contribution is -2.09. The molecule has 5 nitrogen and oxygen atoms in total. The maximum atomic E-state index is 10.4. The van der Waals surface area contributed by atoms with Gasteiger partial charge in [0.05, 0.1) is 5.52 Å². The maximum Gasteiger partial charge on any atom is 0.341 e. The second-order valence-corrected chi connectivity index (χ2v) is 5.18. The SMILES string of the molecule is O=C(O)COc1ccc(Oc2ccc3ccc(Cl)cc3n2)cc1. The number of nitrogens with zero attached hydrogens (tertiary/aromatic N) is 1. The van der Waals surface area contributed by atoms with Crippen LogP contribution < -0.4 is 9.47 Å². The Hall–Kier alpha value is -2.79. The van der Waals surface area contributed by atoms with Crippen LogP contribution in [0.3, 0.4) is 0 Å². The van der Waals surface area contributed by atoms with Gasteiger partial charge in [-0.25, -0.2) is 9.78 Å². The number of carboxylic acids is 1. The highest BCUT2D eigenvalue weighted by Crippen LogP contribution is 2.25. The summed E-state index contributed by atoms with van der Waals surface area (Å²) in [6.07, 6.45) is 0. The Morgan fingerprint density at radius 2 is 1.74 bits per heavy atom. The van der Waals surface area contributed by atoms with E-state index < -0.39 is 5.97 Å². The van der Waals surface area contributed by atoms with Crippen molar-refractivity contribution in [2.75, 3.05) is 6.61 Å². The first-order valence-electron chi connectivity index (χ1n) is 6.79. The van der Waals surface area contributed by atoms with Crippen molar-refractivity contribution in [1.82, 2.24) is 4.98 Å². The van der Waals surface area contributed by atoms with Crippen LogP contribution in [0.15, 0.2) is 54.6 Å². The summed E-state index contributed by atoms with van der Waals surface area (Å²) in [5, 5.41) is 10.1. The van der Waals surface area contributed by atoms with Crippen molar-refractivity contribution in [3.05, 3.63) is 59.6 Å². The molecule has 0 unspecified atom stereocenters. The molecule has 0 atom stereocenters. The summed E-state index contributed by atoms with van der Waals surface area (Å²) < 4.78 is 10.7. The topological polar surface area (TPSA) is 68.7 Å². The average Bonchev–Trinajstić information content (AvgIpc) is 2.54. The Morgan fingerprint density at radius 3 is 2.48 bits per heavy atom. The lowest BCUT2D eigenvalue weighted by Gasteiger charge is -2.07. The van der Waals surface area contributed by atoms with Gasteiger partial charge in [-0.1, -0.05) is 17.7 Å². The number of aromatic nitrogens is 1. The van der Waals surface area contributed by atoms with Crippen LogP contribution in [0.2, 0.25) is 5.02 Å². The van der Waals surface area contributed by atoms with Gasteiger partial charge in [0.1, 0.15) is 11.5 Å². The quantitative estimate of drug-likeness (QED) is 0.761. The first-order valence-corrected chi connectivity index (χ1v) is 7.17. The summed E-state index contributed by atoms with van der Waals surface area (Å²) >= 11 is 5.96. The van der Waals surface area contributed by atoms with Gasteiger partial charge < -0.3 is 14.6 Å². The fraction of sp³-hybridized carbons (Fsp3) is 0.0588. The highest BCUT2D eigenvalue weighted by atomic mass is 35.5. The van der Waals surface area contributed by atoms with Gasteiger partial charge in [-0.2, -0.15) is 0 Å². The molecule has 0 saturated carbocycles. The molecule has 23 heavy (non-hydrogen) atoms. The zero-order valence-corrected chi connectivity index (χ0v) is 12.7. The molecule has 0 aliphatic heterocycles. The molecule has 0 aliphatic rings. The van der Waals surface area contributed by atoms with Crippen LogP contribution >= 0.6 is 11.6 Å². The largest absolute Gasteiger partial charge is 0.482 e. The van der Waals surface area contributed by atoms with Crippen molar-refractivity contribution in [1.29, 1.82) is 0 Å². The van der Waals surface area contributed by atoms with E-state index in [1.54, 1.807) is 36.4 Å². The number of hydrogen-bond acceptors (Lipinski definition) is 4.